The zero-order valence-corrected chi connectivity index (χ0v) is 25.8. The molecule has 48 heavy (non-hydrogen) atoms. The lowest BCUT2D eigenvalue weighted by atomic mass is 10.0. The van der Waals surface area contributed by atoms with Gasteiger partial charge in [0.15, 0.2) is 17.5 Å². The molecule has 0 bridgehead atoms. The molecule has 4 aromatic heterocycles. The van der Waals surface area contributed by atoms with Crippen LogP contribution < -0.4 is 0 Å². The third-order valence-electron chi connectivity index (χ3n) is 8.00. The van der Waals surface area contributed by atoms with Gasteiger partial charge in [0, 0.05) is 28.5 Å². The number of pyridine rings is 3. The minimum atomic E-state index is 0.551. The Morgan fingerprint density at radius 1 is 0.250 bits per heavy atom. The molecule has 6 heteroatoms. The van der Waals surface area contributed by atoms with Crippen LogP contribution in [0.1, 0.15) is 0 Å². The van der Waals surface area contributed by atoms with Crippen LogP contribution in [-0.4, -0.2) is 29.9 Å². The first kappa shape index (κ1) is 28.8. The molecule has 0 aliphatic heterocycles. The number of hydrogen-bond acceptors (Lipinski definition) is 6. The first-order valence-corrected chi connectivity index (χ1v) is 15.7. The molecule has 0 aliphatic carbocycles. The van der Waals surface area contributed by atoms with E-state index < -0.39 is 0 Å². The molecule has 4 aromatic carbocycles. The fourth-order valence-electron chi connectivity index (χ4n) is 5.55. The predicted octanol–water partition coefficient (Wildman–Crippen LogP) is 9.73. The van der Waals surface area contributed by atoms with Gasteiger partial charge in [0.05, 0.1) is 28.5 Å². The van der Waals surface area contributed by atoms with Crippen LogP contribution in [0, 0.1) is 0 Å². The van der Waals surface area contributed by atoms with Crippen molar-refractivity contribution in [3.8, 4) is 79.3 Å². The third-order valence-corrected chi connectivity index (χ3v) is 8.00. The van der Waals surface area contributed by atoms with Gasteiger partial charge in [0.1, 0.15) is 0 Å². The monoisotopic (exact) mass is 616 g/mol. The second-order valence-electron chi connectivity index (χ2n) is 11.2. The van der Waals surface area contributed by atoms with Crippen LogP contribution in [0.15, 0.2) is 170 Å². The Morgan fingerprint density at radius 3 is 1.25 bits per heavy atom. The Labute approximate surface area is 278 Å². The molecule has 0 saturated carbocycles. The summed E-state index contributed by atoms with van der Waals surface area (Å²) >= 11 is 0. The van der Waals surface area contributed by atoms with Gasteiger partial charge >= 0.3 is 0 Å². The normalized spacial score (nSPS) is 10.9. The number of nitrogens with zero attached hydrogens (tertiary/aromatic N) is 6. The first-order valence-electron chi connectivity index (χ1n) is 15.7. The van der Waals surface area contributed by atoms with Crippen molar-refractivity contribution in [1.29, 1.82) is 0 Å². The molecular formula is C42H28N6. The van der Waals surface area contributed by atoms with Crippen LogP contribution in [0.25, 0.3) is 79.3 Å². The molecule has 8 rings (SSSR count). The standard InChI is InChI=1S/C42H28N6/c1-5-14-29(15-6-1)34-26-38(45-39(27-34)37-23-13-22-35(44-37)30-16-7-2-8-17-30)36-25-24-33(28-43-36)42-47-40(31-18-9-3-10-19-31)46-41(48-42)32-20-11-4-12-21-32/h1-28H. The summed E-state index contributed by atoms with van der Waals surface area (Å²) in [4.78, 5) is 29.5. The maximum absolute atomic E-state index is 5.08. The Kier molecular flexibility index (Phi) is 7.79. The van der Waals surface area contributed by atoms with Crippen LogP contribution in [0.3, 0.4) is 0 Å². The van der Waals surface area contributed by atoms with Crippen molar-refractivity contribution in [1.82, 2.24) is 29.9 Å². The highest BCUT2D eigenvalue weighted by molar-refractivity contribution is 5.76. The van der Waals surface area contributed by atoms with E-state index in [4.69, 9.17) is 29.9 Å². The van der Waals surface area contributed by atoms with Gasteiger partial charge in [-0.25, -0.2) is 24.9 Å². The van der Waals surface area contributed by atoms with E-state index in [1.165, 1.54) is 0 Å². The van der Waals surface area contributed by atoms with Crippen molar-refractivity contribution in [2.75, 3.05) is 0 Å². The Balaban J connectivity index is 1.20. The maximum atomic E-state index is 5.08. The van der Waals surface area contributed by atoms with E-state index in [0.29, 0.717) is 17.5 Å². The highest BCUT2D eigenvalue weighted by atomic mass is 15.0. The fraction of sp³-hybridized carbons (Fsp3) is 0. The van der Waals surface area contributed by atoms with Gasteiger partial charge in [-0.05, 0) is 47.5 Å². The third kappa shape index (κ3) is 6.10. The van der Waals surface area contributed by atoms with Gasteiger partial charge in [0.25, 0.3) is 0 Å². The average Bonchev–Trinajstić information content (AvgIpc) is 3.19. The second-order valence-corrected chi connectivity index (χ2v) is 11.2. The van der Waals surface area contributed by atoms with Crippen molar-refractivity contribution in [3.63, 3.8) is 0 Å². The van der Waals surface area contributed by atoms with Crippen LogP contribution >= 0.6 is 0 Å². The smallest absolute Gasteiger partial charge is 0.165 e. The molecule has 0 atom stereocenters. The molecule has 6 nitrogen and oxygen atoms in total. The zero-order valence-electron chi connectivity index (χ0n) is 25.8. The minimum Gasteiger partial charge on any atom is -0.254 e. The van der Waals surface area contributed by atoms with Crippen molar-refractivity contribution in [2.24, 2.45) is 0 Å². The summed E-state index contributed by atoms with van der Waals surface area (Å²) < 4.78 is 0. The minimum absolute atomic E-state index is 0.551. The van der Waals surface area contributed by atoms with Crippen LogP contribution in [-0.2, 0) is 0 Å². The molecule has 0 N–H and O–H groups in total. The van der Waals surface area contributed by atoms with Gasteiger partial charge in [-0.15, -0.1) is 0 Å². The lowest BCUT2D eigenvalue weighted by Crippen LogP contribution is -2.00. The van der Waals surface area contributed by atoms with E-state index in [9.17, 15) is 0 Å². The molecule has 226 valence electrons. The number of rotatable bonds is 7. The van der Waals surface area contributed by atoms with Crippen molar-refractivity contribution < 1.29 is 0 Å². The second kappa shape index (κ2) is 13.0. The van der Waals surface area contributed by atoms with Crippen molar-refractivity contribution >= 4 is 0 Å². The van der Waals surface area contributed by atoms with E-state index in [0.717, 1.165) is 61.9 Å². The van der Waals surface area contributed by atoms with Gasteiger partial charge in [0.2, 0.25) is 0 Å². The molecule has 0 fully saturated rings. The van der Waals surface area contributed by atoms with Crippen molar-refractivity contribution in [2.45, 2.75) is 0 Å². The summed E-state index contributed by atoms with van der Waals surface area (Å²) in [5.41, 5.74) is 9.74. The van der Waals surface area contributed by atoms with E-state index in [2.05, 4.69) is 36.4 Å². The van der Waals surface area contributed by atoms with E-state index in [-0.39, 0.29) is 0 Å². The maximum Gasteiger partial charge on any atom is 0.165 e. The molecular weight excluding hydrogens is 589 g/mol. The predicted molar refractivity (Wildman–Crippen MR) is 191 cm³/mol. The Hall–Kier alpha value is -6.66. The first-order chi connectivity index (χ1) is 23.8. The fourth-order valence-corrected chi connectivity index (χ4v) is 5.55. The highest BCUT2D eigenvalue weighted by Gasteiger charge is 2.15. The molecule has 0 unspecified atom stereocenters. The summed E-state index contributed by atoms with van der Waals surface area (Å²) in [5.74, 6) is 1.77. The lowest BCUT2D eigenvalue weighted by Gasteiger charge is -2.11. The summed E-state index contributed by atoms with van der Waals surface area (Å²) in [6.07, 6.45) is 1.80. The van der Waals surface area contributed by atoms with Crippen molar-refractivity contribution in [3.05, 3.63) is 170 Å². The molecule has 0 saturated heterocycles. The van der Waals surface area contributed by atoms with E-state index >= 15 is 0 Å². The van der Waals surface area contributed by atoms with Crippen LogP contribution in [0.5, 0.6) is 0 Å². The molecule has 0 aliphatic rings. The zero-order chi connectivity index (χ0) is 32.1. The average molecular weight is 617 g/mol. The number of hydrogen-bond donors (Lipinski definition) is 0. The Bertz CT molecular complexity index is 2250. The van der Waals surface area contributed by atoms with E-state index in [1.807, 2.05) is 127 Å². The van der Waals surface area contributed by atoms with E-state index in [1.54, 1.807) is 6.20 Å². The van der Waals surface area contributed by atoms with Crippen LogP contribution in [0.4, 0.5) is 0 Å². The SMILES string of the molecule is c1ccc(-c2cc(-c3ccc(-c4nc(-c5ccccc5)nc(-c5ccccc5)n4)cn3)nc(-c3cccc(-c4ccccc4)n3)c2)cc1. The molecule has 4 heterocycles. The molecule has 0 amide bonds. The topological polar surface area (TPSA) is 77.3 Å². The number of aromatic nitrogens is 6. The van der Waals surface area contributed by atoms with Gasteiger partial charge in [-0.1, -0.05) is 127 Å². The van der Waals surface area contributed by atoms with Crippen LogP contribution in [0.2, 0.25) is 0 Å². The number of benzene rings is 4. The summed E-state index contributed by atoms with van der Waals surface area (Å²) in [6.45, 7) is 0. The largest absolute Gasteiger partial charge is 0.254 e. The molecule has 8 aromatic rings. The molecule has 0 radical (unpaired) electrons. The van der Waals surface area contributed by atoms with Gasteiger partial charge < -0.3 is 0 Å². The highest BCUT2D eigenvalue weighted by Crippen LogP contribution is 2.31. The van der Waals surface area contributed by atoms with Gasteiger partial charge in [-0.2, -0.15) is 0 Å². The van der Waals surface area contributed by atoms with Gasteiger partial charge in [-0.3, -0.25) is 4.98 Å². The summed E-state index contributed by atoms with van der Waals surface area (Å²) in [6, 6.07) is 54.5. The lowest BCUT2D eigenvalue weighted by molar-refractivity contribution is 1.07. The molecule has 0 spiro atoms. The quantitative estimate of drug-likeness (QED) is 0.177. The summed E-state index contributed by atoms with van der Waals surface area (Å²) in [7, 11) is 0. The summed E-state index contributed by atoms with van der Waals surface area (Å²) in [5, 5.41) is 0. The Morgan fingerprint density at radius 2 is 0.708 bits per heavy atom.